The molecule has 1 aromatic carbocycles. The molecule has 0 saturated heterocycles. The molecule has 1 heterocycles. The van der Waals surface area contributed by atoms with Gasteiger partial charge < -0.3 is 5.73 Å². The SMILES string of the molecule is CC(=O)c1ccc2[nH]nc(N)c2c1. The number of benzene rings is 1. The first-order valence-electron chi connectivity index (χ1n) is 3.93. The number of aromatic amines is 1. The van der Waals surface area contributed by atoms with E-state index in [9.17, 15) is 4.79 Å². The fourth-order valence-electron chi connectivity index (χ4n) is 1.25. The summed E-state index contributed by atoms with van der Waals surface area (Å²) in [6.45, 7) is 1.53. The van der Waals surface area contributed by atoms with E-state index < -0.39 is 0 Å². The van der Waals surface area contributed by atoms with Crippen LogP contribution in [0.4, 0.5) is 5.82 Å². The van der Waals surface area contributed by atoms with Crippen LogP contribution in [0.5, 0.6) is 0 Å². The van der Waals surface area contributed by atoms with Gasteiger partial charge in [0.25, 0.3) is 0 Å². The van der Waals surface area contributed by atoms with Crippen molar-refractivity contribution < 1.29 is 4.79 Å². The maximum Gasteiger partial charge on any atom is 0.159 e. The van der Waals surface area contributed by atoms with E-state index in [4.69, 9.17) is 5.73 Å². The Morgan fingerprint density at radius 3 is 3.00 bits per heavy atom. The molecular formula is C9H9N3O. The maximum absolute atomic E-state index is 11.1. The van der Waals surface area contributed by atoms with E-state index in [1.54, 1.807) is 18.2 Å². The highest BCUT2D eigenvalue weighted by Gasteiger charge is 2.04. The van der Waals surface area contributed by atoms with Crippen LogP contribution in [0.3, 0.4) is 0 Å². The molecule has 0 fully saturated rings. The standard InChI is InChI=1S/C9H9N3O/c1-5(13)6-2-3-8-7(4-6)9(10)12-11-8/h2-4H,1H3,(H3,10,11,12). The molecule has 0 aliphatic heterocycles. The summed E-state index contributed by atoms with van der Waals surface area (Å²) in [5, 5.41) is 7.40. The summed E-state index contributed by atoms with van der Waals surface area (Å²) in [7, 11) is 0. The summed E-state index contributed by atoms with van der Waals surface area (Å²) >= 11 is 0. The molecule has 2 aromatic rings. The molecule has 3 N–H and O–H groups in total. The van der Waals surface area contributed by atoms with Gasteiger partial charge in [-0.2, -0.15) is 5.10 Å². The zero-order valence-corrected chi connectivity index (χ0v) is 7.16. The number of nitrogen functional groups attached to an aromatic ring is 1. The first-order chi connectivity index (χ1) is 6.18. The molecule has 4 heteroatoms. The van der Waals surface area contributed by atoms with Gasteiger partial charge in [-0.1, -0.05) is 0 Å². The number of fused-ring (bicyclic) bond motifs is 1. The molecule has 0 radical (unpaired) electrons. The number of hydrogen-bond acceptors (Lipinski definition) is 3. The Balaban J connectivity index is 2.72. The van der Waals surface area contributed by atoms with Gasteiger partial charge in [0.15, 0.2) is 11.6 Å². The molecule has 0 bridgehead atoms. The molecule has 0 amide bonds. The van der Waals surface area contributed by atoms with Crippen molar-refractivity contribution in [2.75, 3.05) is 5.73 Å². The highest BCUT2D eigenvalue weighted by molar-refractivity contribution is 6.00. The average molecular weight is 175 g/mol. The molecule has 1 aromatic heterocycles. The highest BCUT2D eigenvalue weighted by Crippen LogP contribution is 2.19. The Hall–Kier alpha value is -1.84. The minimum atomic E-state index is 0.0301. The summed E-state index contributed by atoms with van der Waals surface area (Å²) in [5.41, 5.74) is 7.09. The number of nitrogens with two attached hydrogens (primary N) is 1. The molecule has 2 rings (SSSR count). The number of Topliss-reactive ketones (excluding diaryl/α,β-unsaturated/α-hetero) is 1. The number of nitrogens with zero attached hydrogens (tertiary/aromatic N) is 1. The van der Waals surface area contributed by atoms with Gasteiger partial charge in [0.05, 0.1) is 5.52 Å². The zero-order valence-electron chi connectivity index (χ0n) is 7.16. The highest BCUT2D eigenvalue weighted by atomic mass is 16.1. The van der Waals surface area contributed by atoms with Crippen molar-refractivity contribution >= 4 is 22.5 Å². The van der Waals surface area contributed by atoms with E-state index in [0.717, 1.165) is 10.9 Å². The summed E-state index contributed by atoms with van der Waals surface area (Å²) < 4.78 is 0. The second-order valence-electron chi connectivity index (χ2n) is 2.93. The van der Waals surface area contributed by atoms with Crippen molar-refractivity contribution in [3.8, 4) is 0 Å². The predicted octanol–water partition coefficient (Wildman–Crippen LogP) is 1.35. The molecule has 13 heavy (non-hydrogen) atoms. The van der Waals surface area contributed by atoms with E-state index in [0.29, 0.717) is 11.4 Å². The molecule has 0 spiro atoms. The predicted molar refractivity (Wildman–Crippen MR) is 50.5 cm³/mol. The van der Waals surface area contributed by atoms with Gasteiger partial charge >= 0.3 is 0 Å². The van der Waals surface area contributed by atoms with Crippen molar-refractivity contribution in [3.05, 3.63) is 23.8 Å². The van der Waals surface area contributed by atoms with Crippen LogP contribution in [-0.4, -0.2) is 16.0 Å². The van der Waals surface area contributed by atoms with Crippen molar-refractivity contribution in [2.24, 2.45) is 0 Å². The van der Waals surface area contributed by atoms with Gasteiger partial charge in [-0.15, -0.1) is 0 Å². The molecular weight excluding hydrogens is 166 g/mol. The number of ketones is 1. The minimum Gasteiger partial charge on any atom is -0.382 e. The summed E-state index contributed by atoms with van der Waals surface area (Å²) in [4.78, 5) is 11.1. The average Bonchev–Trinajstić information content (AvgIpc) is 2.47. The van der Waals surface area contributed by atoms with Crippen LogP contribution in [0.15, 0.2) is 18.2 Å². The Morgan fingerprint density at radius 2 is 2.31 bits per heavy atom. The van der Waals surface area contributed by atoms with Crippen LogP contribution in [0.25, 0.3) is 10.9 Å². The van der Waals surface area contributed by atoms with Crippen molar-refractivity contribution in [2.45, 2.75) is 6.92 Å². The van der Waals surface area contributed by atoms with Crippen LogP contribution >= 0.6 is 0 Å². The quantitative estimate of drug-likeness (QED) is 0.642. The van der Waals surface area contributed by atoms with E-state index in [-0.39, 0.29) is 5.78 Å². The lowest BCUT2D eigenvalue weighted by Gasteiger charge is -1.94. The number of H-pyrrole nitrogens is 1. The van der Waals surface area contributed by atoms with Crippen LogP contribution in [0, 0.1) is 0 Å². The molecule has 0 atom stereocenters. The number of anilines is 1. The summed E-state index contributed by atoms with van der Waals surface area (Å²) in [5.74, 6) is 0.459. The van der Waals surface area contributed by atoms with Crippen molar-refractivity contribution in [1.82, 2.24) is 10.2 Å². The minimum absolute atomic E-state index is 0.0301. The number of hydrogen-bond donors (Lipinski definition) is 2. The van der Waals surface area contributed by atoms with Gasteiger partial charge in [0, 0.05) is 10.9 Å². The lowest BCUT2D eigenvalue weighted by molar-refractivity contribution is 0.101. The van der Waals surface area contributed by atoms with E-state index >= 15 is 0 Å². The smallest absolute Gasteiger partial charge is 0.159 e. The van der Waals surface area contributed by atoms with E-state index in [1.807, 2.05) is 0 Å². The fraction of sp³-hybridized carbons (Fsp3) is 0.111. The van der Waals surface area contributed by atoms with Crippen molar-refractivity contribution in [3.63, 3.8) is 0 Å². The number of aromatic nitrogens is 2. The normalized spacial score (nSPS) is 10.5. The molecule has 0 aliphatic carbocycles. The number of rotatable bonds is 1. The lowest BCUT2D eigenvalue weighted by Crippen LogP contribution is -1.91. The third kappa shape index (κ3) is 1.16. The maximum atomic E-state index is 11.1. The van der Waals surface area contributed by atoms with E-state index in [2.05, 4.69) is 10.2 Å². The second-order valence-corrected chi connectivity index (χ2v) is 2.93. The Bertz CT molecular complexity index is 473. The first kappa shape index (κ1) is 7.79. The zero-order chi connectivity index (χ0) is 9.42. The third-order valence-corrected chi connectivity index (χ3v) is 2.00. The van der Waals surface area contributed by atoms with Gasteiger partial charge in [-0.25, -0.2) is 0 Å². The van der Waals surface area contributed by atoms with Crippen molar-refractivity contribution in [1.29, 1.82) is 0 Å². The van der Waals surface area contributed by atoms with Gasteiger partial charge in [0.1, 0.15) is 0 Å². The van der Waals surface area contributed by atoms with Crippen LogP contribution < -0.4 is 5.73 Å². The lowest BCUT2D eigenvalue weighted by atomic mass is 10.1. The number of carbonyl (C=O) groups excluding carboxylic acids is 1. The number of nitrogens with one attached hydrogen (secondary N) is 1. The largest absolute Gasteiger partial charge is 0.382 e. The van der Waals surface area contributed by atoms with Crippen LogP contribution in [-0.2, 0) is 0 Å². The van der Waals surface area contributed by atoms with Gasteiger partial charge in [-0.05, 0) is 25.1 Å². The van der Waals surface area contributed by atoms with Gasteiger partial charge in [0.2, 0.25) is 0 Å². The Kier molecular flexibility index (Phi) is 1.55. The fourth-order valence-corrected chi connectivity index (χ4v) is 1.25. The topological polar surface area (TPSA) is 71.8 Å². The Labute approximate surface area is 74.7 Å². The van der Waals surface area contributed by atoms with E-state index in [1.165, 1.54) is 6.92 Å². The molecule has 66 valence electrons. The third-order valence-electron chi connectivity index (χ3n) is 2.00. The molecule has 0 unspecified atom stereocenters. The first-order valence-corrected chi connectivity index (χ1v) is 3.93. The Morgan fingerprint density at radius 1 is 1.54 bits per heavy atom. The van der Waals surface area contributed by atoms with Crippen LogP contribution in [0.1, 0.15) is 17.3 Å². The number of carbonyl (C=O) groups is 1. The van der Waals surface area contributed by atoms with Gasteiger partial charge in [-0.3, -0.25) is 9.89 Å². The summed E-state index contributed by atoms with van der Waals surface area (Å²) in [6, 6.07) is 5.30. The molecule has 0 aliphatic rings. The molecule has 0 saturated carbocycles. The molecule has 4 nitrogen and oxygen atoms in total. The summed E-state index contributed by atoms with van der Waals surface area (Å²) in [6.07, 6.45) is 0. The van der Waals surface area contributed by atoms with Crippen LogP contribution in [0.2, 0.25) is 0 Å². The second kappa shape index (κ2) is 2.58. The monoisotopic (exact) mass is 175 g/mol.